The van der Waals surface area contributed by atoms with Crippen LogP contribution in [0.3, 0.4) is 0 Å². The van der Waals surface area contributed by atoms with E-state index in [2.05, 4.69) is 0 Å². The van der Waals surface area contributed by atoms with Crippen molar-refractivity contribution in [1.82, 2.24) is 5.48 Å². The number of aliphatic carboxylic acids is 1. The topological polar surface area (TPSA) is 107 Å². The minimum absolute atomic E-state index is 0.115. The van der Waals surface area contributed by atoms with Gasteiger partial charge in [-0.25, -0.2) is 5.48 Å². The summed E-state index contributed by atoms with van der Waals surface area (Å²) in [6.45, 7) is 1.52. The first-order valence-electron chi connectivity index (χ1n) is 3.39. The van der Waals surface area contributed by atoms with E-state index >= 15 is 0 Å². The predicted molar refractivity (Wildman–Crippen MR) is 37.4 cm³/mol. The van der Waals surface area contributed by atoms with E-state index in [0.29, 0.717) is 0 Å². The van der Waals surface area contributed by atoms with Gasteiger partial charge in [0.2, 0.25) is 0 Å². The fourth-order valence-electron chi connectivity index (χ4n) is 0.782. The van der Waals surface area contributed by atoms with Crippen LogP contribution >= 0.6 is 0 Å². The number of aliphatic hydroxyl groups excluding tert-OH is 1. The normalized spacial score (nSPS) is 14.9. The molecule has 12 heavy (non-hydrogen) atoms. The smallest absolute Gasteiger partial charge is 0.309 e. The molecule has 0 radical (unpaired) electrons. The molecule has 1 amide bonds. The van der Waals surface area contributed by atoms with E-state index < -0.39 is 23.9 Å². The summed E-state index contributed by atoms with van der Waals surface area (Å²) in [6.07, 6.45) is -1.60. The highest BCUT2D eigenvalue weighted by Crippen LogP contribution is 2.08. The molecule has 0 aromatic heterocycles. The zero-order valence-electron chi connectivity index (χ0n) is 6.52. The summed E-state index contributed by atoms with van der Waals surface area (Å²) in [7, 11) is 0. The van der Waals surface area contributed by atoms with Gasteiger partial charge in [0.25, 0.3) is 5.91 Å². The Kier molecular flexibility index (Phi) is 4.24. The molecule has 2 atom stereocenters. The molecule has 0 heterocycles. The van der Waals surface area contributed by atoms with Crippen molar-refractivity contribution in [3.8, 4) is 0 Å². The third-order valence-corrected chi connectivity index (χ3v) is 1.52. The van der Waals surface area contributed by atoms with Crippen molar-refractivity contribution in [3.05, 3.63) is 0 Å². The maximum absolute atomic E-state index is 10.5. The standard InChI is InChI=1S/C6H11NO5/c1-2-3(6(10)11)4(8)5(9)7-12/h3-4,8,12H,2H2,1H3,(H,7,9)(H,10,11)/t3-,4-/m0/s1. The summed E-state index contributed by atoms with van der Waals surface area (Å²) in [4.78, 5) is 20.9. The number of aliphatic hydroxyl groups is 1. The predicted octanol–water partition coefficient (Wildman–Crippen LogP) is -1.04. The Balaban J connectivity index is 4.30. The Morgan fingerprint density at radius 2 is 2.00 bits per heavy atom. The minimum Gasteiger partial charge on any atom is -0.481 e. The molecule has 70 valence electrons. The highest BCUT2D eigenvalue weighted by molar-refractivity contribution is 5.85. The number of hydroxylamine groups is 1. The molecule has 0 spiro atoms. The van der Waals surface area contributed by atoms with E-state index in [4.69, 9.17) is 15.4 Å². The average Bonchev–Trinajstić information content (AvgIpc) is 2.03. The number of carbonyl (C=O) groups is 2. The second-order valence-electron chi connectivity index (χ2n) is 2.27. The number of carboxylic acid groups (broad SMARTS) is 1. The van der Waals surface area contributed by atoms with Crippen LogP contribution in [0.2, 0.25) is 0 Å². The lowest BCUT2D eigenvalue weighted by Gasteiger charge is -2.14. The largest absolute Gasteiger partial charge is 0.481 e. The molecule has 0 aliphatic rings. The fourth-order valence-corrected chi connectivity index (χ4v) is 0.782. The van der Waals surface area contributed by atoms with Crippen molar-refractivity contribution >= 4 is 11.9 Å². The summed E-state index contributed by atoms with van der Waals surface area (Å²) in [5, 5.41) is 25.5. The molecule has 0 saturated carbocycles. The Morgan fingerprint density at radius 3 is 2.25 bits per heavy atom. The van der Waals surface area contributed by atoms with Gasteiger partial charge in [0.05, 0.1) is 5.92 Å². The number of amides is 1. The zero-order chi connectivity index (χ0) is 9.72. The molecule has 0 aliphatic heterocycles. The number of hydrogen-bond acceptors (Lipinski definition) is 4. The van der Waals surface area contributed by atoms with Gasteiger partial charge in [0, 0.05) is 0 Å². The third-order valence-electron chi connectivity index (χ3n) is 1.52. The number of carboxylic acids is 1. The van der Waals surface area contributed by atoms with Gasteiger partial charge in [-0.05, 0) is 6.42 Å². The minimum atomic E-state index is -1.71. The van der Waals surface area contributed by atoms with E-state index in [1.54, 1.807) is 0 Å². The summed E-state index contributed by atoms with van der Waals surface area (Å²) >= 11 is 0. The van der Waals surface area contributed by atoms with Gasteiger partial charge in [-0.2, -0.15) is 0 Å². The van der Waals surface area contributed by atoms with Gasteiger partial charge >= 0.3 is 5.97 Å². The van der Waals surface area contributed by atoms with Crippen molar-refractivity contribution in [1.29, 1.82) is 0 Å². The van der Waals surface area contributed by atoms with Crippen LogP contribution < -0.4 is 5.48 Å². The second-order valence-corrected chi connectivity index (χ2v) is 2.27. The van der Waals surface area contributed by atoms with Crippen LogP contribution in [-0.4, -0.2) is 33.4 Å². The molecular formula is C6H11NO5. The Labute approximate surface area is 68.8 Å². The van der Waals surface area contributed by atoms with E-state index in [1.807, 2.05) is 0 Å². The first-order valence-corrected chi connectivity index (χ1v) is 3.39. The van der Waals surface area contributed by atoms with Gasteiger partial charge in [0.1, 0.15) is 6.10 Å². The molecule has 4 N–H and O–H groups in total. The van der Waals surface area contributed by atoms with Gasteiger partial charge < -0.3 is 10.2 Å². The van der Waals surface area contributed by atoms with E-state index in [9.17, 15) is 9.59 Å². The Morgan fingerprint density at radius 1 is 1.50 bits per heavy atom. The maximum atomic E-state index is 10.5. The molecule has 0 aliphatic carbocycles. The average molecular weight is 177 g/mol. The van der Waals surface area contributed by atoms with Crippen LogP contribution in [-0.2, 0) is 9.59 Å². The third kappa shape index (κ3) is 2.48. The highest BCUT2D eigenvalue weighted by atomic mass is 16.5. The maximum Gasteiger partial charge on any atom is 0.309 e. The fraction of sp³-hybridized carbons (Fsp3) is 0.667. The van der Waals surface area contributed by atoms with Crippen LogP contribution in [0, 0.1) is 5.92 Å². The van der Waals surface area contributed by atoms with Crippen molar-refractivity contribution in [2.24, 2.45) is 5.92 Å². The van der Waals surface area contributed by atoms with Crippen LogP contribution in [0.4, 0.5) is 0 Å². The molecule has 0 bridgehead atoms. The lowest BCUT2D eigenvalue weighted by molar-refractivity contribution is -0.154. The van der Waals surface area contributed by atoms with E-state index in [0.717, 1.165) is 0 Å². The van der Waals surface area contributed by atoms with Gasteiger partial charge in [-0.15, -0.1) is 0 Å². The molecule has 0 saturated heterocycles. The number of nitrogens with one attached hydrogen (secondary N) is 1. The van der Waals surface area contributed by atoms with Crippen LogP contribution in [0.15, 0.2) is 0 Å². The second kappa shape index (κ2) is 4.68. The molecule has 6 heteroatoms. The molecular weight excluding hydrogens is 166 g/mol. The summed E-state index contributed by atoms with van der Waals surface area (Å²) in [5.74, 6) is -3.56. The molecule has 0 fully saturated rings. The molecule has 0 unspecified atom stereocenters. The van der Waals surface area contributed by atoms with E-state index in [-0.39, 0.29) is 6.42 Å². The quantitative estimate of drug-likeness (QED) is 0.324. The van der Waals surface area contributed by atoms with Crippen LogP contribution in [0.25, 0.3) is 0 Å². The summed E-state index contributed by atoms with van der Waals surface area (Å²) in [6, 6.07) is 0. The molecule has 0 aromatic rings. The molecule has 0 aromatic carbocycles. The van der Waals surface area contributed by atoms with Gasteiger partial charge in [0.15, 0.2) is 0 Å². The lowest BCUT2D eigenvalue weighted by Crippen LogP contribution is -2.40. The summed E-state index contributed by atoms with van der Waals surface area (Å²) < 4.78 is 0. The van der Waals surface area contributed by atoms with Gasteiger partial charge in [-0.3, -0.25) is 14.8 Å². The number of carbonyl (C=O) groups excluding carboxylic acids is 1. The first-order chi connectivity index (χ1) is 5.54. The number of hydrogen-bond donors (Lipinski definition) is 4. The van der Waals surface area contributed by atoms with E-state index in [1.165, 1.54) is 12.4 Å². The molecule has 6 nitrogen and oxygen atoms in total. The van der Waals surface area contributed by atoms with Crippen LogP contribution in [0.5, 0.6) is 0 Å². The number of rotatable bonds is 4. The van der Waals surface area contributed by atoms with Gasteiger partial charge in [-0.1, -0.05) is 6.92 Å². The van der Waals surface area contributed by atoms with Crippen LogP contribution in [0.1, 0.15) is 13.3 Å². The molecule has 0 rings (SSSR count). The lowest BCUT2D eigenvalue weighted by atomic mass is 9.99. The highest BCUT2D eigenvalue weighted by Gasteiger charge is 2.30. The monoisotopic (exact) mass is 177 g/mol. The van der Waals surface area contributed by atoms with Crippen molar-refractivity contribution in [2.45, 2.75) is 19.4 Å². The summed E-state index contributed by atoms with van der Waals surface area (Å²) in [5.41, 5.74) is 1.18. The Hall–Kier alpha value is -1.14. The van der Waals surface area contributed by atoms with Crippen molar-refractivity contribution in [2.75, 3.05) is 0 Å². The Bertz CT molecular complexity index is 181. The zero-order valence-corrected chi connectivity index (χ0v) is 6.52. The first kappa shape index (κ1) is 10.9. The SMILES string of the molecule is CC[C@H](C(=O)O)[C@H](O)C(=O)NO. The van der Waals surface area contributed by atoms with Crippen molar-refractivity contribution < 1.29 is 25.0 Å². The van der Waals surface area contributed by atoms with Crippen molar-refractivity contribution in [3.63, 3.8) is 0 Å².